The van der Waals surface area contributed by atoms with E-state index in [1.165, 1.54) is 16.9 Å². The summed E-state index contributed by atoms with van der Waals surface area (Å²) < 4.78 is 0. The molecule has 2 heterocycles. The van der Waals surface area contributed by atoms with Crippen LogP contribution in [0.2, 0.25) is 0 Å². The van der Waals surface area contributed by atoms with Crippen molar-refractivity contribution in [1.82, 2.24) is 4.98 Å². The van der Waals surface area contributed by atoms with Crippen LogP contribution in [0.1, 0.15) is 15.2 Å². The van der Waals surface area contributed by atoms with Gasteiger partial charge in [0.1, 0.15) is 9.71 Å². The number of nitrogen functional groups attached to an aromatic ring is 1. The molecule has 0 aliphatic carbocycles. The number of nitrogens with zero attached hydrogens (tertiary/aromatic N) is 2. The molecule has 0 aliphatic rings. The lowest BCUT2D eigenvalue weighted by Gasteiger charge is -2.22. The molecule has 0 unspecified atom stereocenters. The molecule has 0 fully saturated rings. The van der Waals surface area contributed by atoms with Gasteiger partial charge in [-0.1, -0.05) is 96.6 Å². The van der Waals surface area contributed by atoms with Crippen molar-refractivity contribution in [3.8, 4) is 22.4 Å². The Morgan fingerprint density at radius 3 is 1.87 bits per heavy atom. The van der Waals surface area contributed by atoms with Gasteiger partial charge in [-0.25, -0.2) is 4.98 Å². The van der Waals surface area contributed by atoms with Gasteiger partial charge in [0, 0.05) is 22.3 Å². The summed E-state index contributed by atoms with van der Waals surface area (Å²) in [6.07, 6.45) is 0. The molecule has 4 aromatic carbocycles. The lowest BCUT2D eigenvalue weighted by atomic mass is 9.98. The van der Waals surface area contributed by atoms with Gasteiger partial charge < -0.3 is 5.73 Å². The lowest BCUT2D eigenvalue weighted by Crippen LogP contribution is -2.25. The predicted molar refractivity (Wildman–Crippen MR) is 159 cm³/mol. The van der Waals surface area contributed by atoms with Crippen LogP contribution >= 0.6 is 11.3 Å². The number of rotatable bonds is 5. The smallest absolute Gasteiger partial charge is 0.275 e. The first-order valence-electron chi connectivity index (χ1n) is 12.4. The number of fused-ring (bicyclic) bond motifs is 1. The number of hydrogen-bond donors (Lipinski definition) is 1. The van der Waals surface area contributed by atoms with Crippen molar-refractivity contribution in [3.05, 3.63) is 132 Å². The van der Waals surface area contributed by atoms with Gasteiger partial charge in [0.2, 0.25) is 0 Å². The highest BCUT2D eigenvalue weighted by Gasteiger charge is 2.27. The van der Waals surface area contributed by atoms with E-state index in [0.717, 1.165) is 44.0 Å². The fourth-order valence-electron chi connectivity index (χ4n) is 4.64. The zero-order valence-electron chi connectivity index (χ0n) is 20.8. The summed E-state index contributed by atoms with van der Waals surface area (Å²) in [7, 11) is 0. The van der Waals surface area contributed by atoms with E-state index >= 15 is 0 Å². The minimum atomic E-state index is -0.181. The zero-order chi connectivity index (χ0) is 26.1. The maximum absolute atomic E-state index is 14.2. The summed E-state index contributed by atoms with van der Waals surface area (Å²) in [5.74, 6) is -0.181. The Hall–Kier alpha value is -4.74. The Kier molecular flexibility index (Phi) is 6.20. The largest absolute Gasteiger partial charge is 0.397 e. The Bertz CT molecular complexity index is 1690. The molecular weight excluding hydrogens is 486 g/mol. The topological polar surface area (TPSA) is 59.2 Å². The van der Waals surface area contributed by atoms with Gasteiger partial charge in [0.15, 0.2) is 0 Å². The van der Waals surface area contributed by atoms with Crippen molar-refractivity contribution in [3.63, 3.8) is 0 Å². The summed E-state index contributed by atoms with van der Waals surface area (Å²) in [6.45, 7) is 2.07. The maximum Gasteiger partial charge on any atom is 0.275 e. The molecular formula is C33H25N3OS. The number of hydrogen-bond acceptors (Lipinski definition) is 4. The predicted octanol–water partition coefficient (Wildman–Crippen LogP) is 8.50. The maximum atomic E-state index is 14.2. The van der Waals surface area contributed by atoms with Crippen LogP contribution in [0.4, 0.5) is 17.1 Å². The molecule has 2 aromatic heterocycles. The standard InChI is InChI=1S/C33H25N3OS/c1-22-17-19-23(20-18-22)27-21-28(24-11-5-2-6-12-24)35-32-29(27)30(34)31(38-32)33(37)36(25-13-7-3-8-14-25)26-15-9-4-10-16-26/h2-21H,34H2,1H3. The third-order valence-corrected chi connectivity index (χ3v) is 7.64. The molecule has 4 nitrogen and oxygen atoms in total. The number of amides is 1. The Balaban J connectivity index is 1.57. The second-order valence-electron chi connectivity index (χ2n) is 9.12. The number of carbonyl (C=O) groups excluding carboxylic acids is 1. The fourth-order valence-corrected chi connectivity index (χ4v) is 5.69. The molecule has 5 heteroatoms. The summed E-state index contributed by atoms with van der Waals surface area (Å²) >= 11 is 1.34. The average Bonchev–Trinajstić information content (AvgIpc) is 3.31. The zero-order valence-corrected chi connectivity index (χ0v) is 21.7. The van der Waals surface area contributed by atoms with Crippen LogP contribution in [0.25, 0.3) is 32.6 Å². The van der Waals surface area contributed by atoms with E-state index in [-0.39, 0.29) is 5.91 Å². The Morgan fingerprint density at radius 2 is 1.29 bits per heavy atom. The molecule has 0 bridgehead atoms. The van der Waals surface area contributed by atoms with Crippen LogP contribution in [0.15, 0.2) is 121 Å². The molecule has 0 spiro atoms. The molecule has 0 radical (unpaired) electrons. The highest BCUT2D eigenvalue weighted by atomic mass is 32.1. The van der Waals surface area contributed by atoms with Gasteiger partial charge in [0.25, 0.3) is 5.91 Å². The minimum absolute atomic E-state index is 0.181. The SMILES string of the molecule is Cc1ccc(-c2cc(-c3ccccc3)nc3sc(C(=O)N(c4ccccc4)c4ccccc4)c(N)c23)cc1. The van der Waals surface area contributed by atoms with Crippen LogP contribution in [0, 0.1) is 6.92 Å². The third kappa shape index (κ3) is 4.33. The van der Waals surface area contributed by atoms with Crippen LogP contribution in [-0.2, 0) is 0 Å². The van der Waals surface area contributed by atoms with Crippen LogP contribution in [0.5, 0.6) is 0 Å². The molecule has 2 N–H and O–H groups in total. The first-order valence-corrected chi connectivity index (χ1v) is 13.2. The number of carbonyl (C=O) groups is 1. The van der Waals surface area contributed by atoms with E-state index in [2.05, 4.69) is 37.3 Å². The normalized spacial score (nSPS) is 11.0. The molecule has 38 heavy (non-hydrogen) atoms. The third-order valence-electron chi connectivity index (χ3n) is 6.56. The highest BCUT2D eigenvalue weighted by molar-refractivity contribution is 7.21. The minimum Gasteiger partial charge on any atom is -0.397 e. The molecule has 6 rings (SSSR count). The monoisotopic (exact) mass is 511 g/mol. The van der Waals surface area contributed by atoms with E-state index in [4.69, 9.17) is 10.7 Å². The number of benzene rings is 4. The number of anilines is 3. The Morgan fingerprint density at radius 1 is 0.737 bits per heavy atom. The van der Waals surface area contributed by atoms with Crippen molar-refractivity contribution >= 4 is 44.5 Å². The molecule has 0 saturated heterocycles. The van der Waals surface area contributed by atoms with E-state index in [1.807, 2.05) is 91.0 Å². The average molecular weight is 512 g/mol. The number of thiophene rings is 1. The van der Waals surface area contributed by atoms with Crippen LogP contribution in [0.3, 0.4) is 0 Å². The summed E-state index contributed by atoms with van der Waals surface area (Å²) in [6, 6.07) is 39.8. The van der Waals surface area contributed by atoms with Crippen LogP contribution < -0.4 is 10.6 Å². The molecule has 6 aromatic rings. The van der Waals surface area contributed by atoms with Gasteiger partial charge in [-0.3, -0.25) is 9.69 Å². The van der Waals surface area contributed by atoms with Crippen molar-refractivity contribution in [2.24, 2.45) is 0 Å². The van der Waals surface area contributed by atoms with E-state index in [0.29, 0.717) is 10.6 Å². The van der Waals surface area contributed by atoms with Gasteiger partial charge in [-0.2, -0.15) is 0 Å². The second kappa shape index (κ2) is 9.96. The van der Waals surface area contributed by atoms with Crippen molar-refractivity contribution in [1.29, 1.82) is 0 Å². The van der Waals surface area contributed by atoms with Gasteiger partial charge in [-0.05, 0) is 48.4 Å². The van der Waals surface area contributed by atoms with E-state index in [9.17, 15) is 4.79 Å². The van der Waals surface area contributed by atoms with Crippen molar-refractivity contribution < 1.29 is 4.79 Å². The fraction of sp³-hybridized carbons (Fsp3) is 0.0303. The Labute approximate surface area is 225 Å². The number of para-hydroxylation sites is 2. The number of aryl methyl sites for hydroxylation is 1. The summed E-state index contributed by atoms with van der Waals surface area (Å²) in [5.41, 5.74) is 13.9. The summed E-state index contributed by atoms with van der Waals surface area (Å²) in [4.78, 5) is 22.1. The first-order chi connectivity index (χ1) is 18.6. The second-order valence-corrected chi connectivity index (χ2v) is 10.1. The first kappa shape index (κ1) is 23.6. The van der Waals surface area contributed by atoms with E-state index < -0.39 is 0 Å². The van der Waals surface area contributed by atoms with Gasteiger partial charge >= 0.3 is 0 Å². The number of pyridine rings is 1. The summed E-state index contributed by atoms with van der Waals surface area (Å²) in [5, 5.41) is 0.808. The van der Waals surface area contributed by atoms with Gasteiger partial charge in [-0.15, -0.1) is 11.3 Å². The highest BCUT2D eigenvalue weighted by Crippen LogP contribution is 2.43. The van der Waals surface area contributed by atoms with Gasteiger partial charge in [0.05, 0.1) is 11.4 Å². The molecule has 184 valence electrons. The quantitative estimate of drug-likeness (QED) is 0.252. The van der Waals surface area contributed by atoms with Crippen LogP contribution in [-0.4, -0.2) is 10.9 Å². The van der Waals surface area contributed by atoms with E-state index in [1.54, 1.807) is 4.90 Å². The number of nitrogens with two attached hydrogens (primary N) is 1. The lowest BCUT2D eigenvalue weighted by molar-refractivity contribution is 0.100. The molecule has 0 atom stereocenters. The molecule has 0 saturated carbocycles. The van der Waals surface area contributed by atoms with Crippen molar-refractivity contribution in [2.75, 3.05) is 10.6 Å². The molecule has 1 amide bonds. The molecule has 0 aliphatic heterocycles. The number of aromatic nitrogens is 1. The van der Waals surface area contributed by atoms with Crippen molar-refractivity contribution in [2.45, 2.75) is 6.92 Å².